The lowest BCUT2D eigenvalue weighted by Gasteiger charge is -2.15. The largest absolute Gasteiger partial charge is 0.478 e. The molecule has 0 aliphatic rings. The maximum absolute atomic E-state index is 13.6. The van der Waals surface area contributed by atoms with Gasteiger partial charge in [0.2, 0.25) is 0 Å². The number of carbonyl (C=O) groups excluding carboxylic acids is 1. The van der Waals surface area contributed by atoms with Gasteiger partial charge in [-0.1, -0.05) is 12.1 Å². The minimum Gasteiger partial charge on any atom is -0.478 e. The highest BCUT2D eigenvalue weighted by atomic mass is 19.1. The van der Waals surface area contributed by atoms with Gasteiger partial charge in [0.1, 0.15) is 0 Å². The number of hydrogen-bond acceptors (Lipinski definition) is 5. The minimum absolute atomic E-state index is 0.00521. The van der Waals surface area contributed by atoms with E-state index in [1.54, 1.807) is 16.8 Å². The normalized spacial score (nSPS) is 11.9. The Morgan fingerprint density at radius 1 is 1.21 bits per heavy atom. The second-order valence-electron chi connectivity index (χ2n) is 6.57. The van der Waals surface area contributed by atoms with Crippen LogP contribution in [-0.2, 0) is 11.3 Å². The highest BCUT2D eigenvalue weighted by Crippen LogP contribution is 2.16. The molecule has 1 amide bonds. The van der Waals surface area contributed by atoms with Gasteiger partial charge in [-0.3, -0.25) is 9.59 Å². The first-order valence-electron chi connectivity index (χ1n) is 9.16. The highest BCUT2D eigenvalue weighted by Gasteiger charge is 2.16. The minimum atomic E-state index is -0.891. The van der Waals surface area contributed by atoms with E-state index in [4.69, 9.17) is 4.74 Å². The molecule has 0 bridgehead atoms. The molecule has 0 aliphatic carbocycles. The molecule has 29 heavy (non-hydrogen) atoms. The third-order valence-corrected chi connectivity index (χ3v) is 4.21. The molecule has 0 saturated heterocycles. The van der Waals surface area contributed by atoms with Gasteiger partial charge in [-0.2, -0.15) is 5.10 Å². The second-order valence-corrected chi connectivity index (χ2v) is 6.57. The molecule has 1 aromatic carbocycles. The van der Waals surface area contributed by atoms with Gasteiger partial charge in [0.05, 0.1) is 12.2 Å². The van der Waals surface area contributed by atoms with Crippen molar-refractivity contribution in [2.24, 2.45) is 0 Å². The zero-order valence-electron chi connectivity index (χ0n) is 16.4. The summed E-state index contributed by atoms with van der Waals surface area (Å²) in [6, 6.07) is 10.8. The molecular formula is C20H22FN5O3. The lowest BCUT2D eigenvalue weighted by Crippen LogP contribution is -2.39. The van der Waals surface area contributed by atoms with Gasteiger partial charge in [-0.05, 0) is 45.0 Å². The van der Waals surface area contributed by atoms with Crippen LogP contribution in [0.2, 0.25) is 0 Å². The van der Waals surface area contributed by atoms with E-state index >= 15 is 0 Å². The van der Waals surface area contributed by atoms with Gasteiger partial charge in [0.15, 0.2) is 23.5 Å². The first-order valence-corrected chi connectivity index (χ1v) is 9.16. The molecule has 3 aromatic rings. The van der Waals surface area contributed by atoms with Gasteiger partial charge < -0.3 is 10.1 Å². The number of ether oxygens (including phenoxy) is 1. The van der Waals surface area contributed by atoms with Crippen LogP contribution in [0.4, 0.5) is 4.39 Å². The van der Waals surface area contributed by atoms with Crippen LogP contribution in [-0.4, -0.2) is 38.1 Å². The molecule has 8 nitrogen and oxygen atoms in total. The lowest BCUT2D eigenvalue weighted by atomic mass is 10.3. The van der Waals surface area contributed by atoms with Crippen LogP contribution < -0.4 is 15.6 Å². The summed E-state index contributed by atoms with van der Waals surface area (Å²) in [5, 5.41) is 11.3. The second kappa shape index (κ2) is 8.68. The quantitative estimate of drug-likeness (QED) is 0.654. The van der Waals surface area contributed by atoms with Gasteiger partial charge in [0, 0.05) is 18.3 Å². The highest BCUT2D eigenvalue weighted by molar-refractivity contribution is 5.80. The van der Waals surface area contributed by atoms with E-state index in [9.17, 15) is 14.0 Å². The number of benzene rings is 1. The van der Waals surface area contributed by atoms with Crippen LogP contribution >= 0.6 is 0 Å². The van der Waals surface area contributed by atoms with Crippen molar-refractivity contribution in [3.05, 3.63) is 70.0 Å². The van der Waals surface area contributed by atoms with Crippen LogP contribution in [0, 0.1) is 19.7 Å². The molecule has 0 radical (unpaired) electrons. The third kappa shape index (κ3) is 4.87. The summed E-state index contributed by atoms with van der Waals surface area (Å²) in [4.78, 5) is 24.3. The molecule has 0 spiro atoms. The number of nitrogens with zero attached hydrogens (tertiary/aromatic N) is 4. The van der Waals surface area contributed by atoms with Crippen molar-refractivity contribution in [1.82, 2.24) is 24.9 Å². The number of carbonyl (C=O) groups is 1. The molecular weight excluding hydrogens is 377 g/mol. The van der Waals surface area contributed by atoms with Crippen LogP contribution in [0.3, 0.4) is 0 Å². The van der Waals surface area contributed by atoms with Crippen molar-refractivity contribution < 1.29 is 13.9 Å². The lowest BCUT2D eigenvalue weighted by molar-refractivity contribution is -0.127. The smallest absolute Gasteiger partial charge is 0.266 e. The molecule has 0 aliphatic heterocycles. The molecule has 1 atom stereocenters. The summed E-state index contributed by atoms with van der Waals surface area (Å²) in [7, 11) is 0. The summed E-state index contributed by atoms with van der Waals surface area (Å²) in [6.07, 6.45) is -0.891. The van der Waals surface area contributed by atoms with Gasteiger partial charge in [-0.25, -0.2) is 13.8 Å². The summed E-state index contributed by atoms with van der Waals surface area (Å²) in [5.74, 6) is -0.441. The Labute approximate surface area is 166 Å². The number of hydrogen-bond donors (Lipinski definition) is 1. The van der Waals surface area contributed by atoms with E-state index in [-0.39, 0.29) is 24.4 Å². The topological polar surface area (TPSA) is 91.0 Å². The molecule has 3 rings (SSSR count). The summed E-state index contributed by atoms with van der Waals surface area (Å²) < 4.78 is 21.9. The van der Waals surface area contributed by atoms with Crippen molar-refractivity contribution in [3.63, 3.8) is 0 Å². The monoisotopic (exact) mass is 399 g/mol. The van der Waals surface area contributed by atoms with E-state index in [1.165, 1.54) is 35.9 Å². The molecule has 2 heterocycles. The van der Waals surface area contributed by atoms with Crippen molar-refractivity contribution in [1.29, 1.82) is 0 Å². The zero-order chi connectivity index (χ0) is 21.0. The predicted octanol–water partition coefficient (Wildman–Crippen LogP) is 1.77. The first-order chi connectivity index (χ1) is 13.8. The van der Waals surface area contributed by atoms with Gasteiger partial charge in [0.25, 0.3) is 11.5 Å². The molecule has 9 heteroatoms. The van der Waals surface area contributed by atoms with Crippen molar-refractivity contribution in [2.45, 2.75) is 33.4 Å². The number of amides is 1. The summed E-state index contributed by atoms with van der Waals surface area (Å²) in [6.45, 7) is 5.63. The Hall–Kier alpha value is -3.49. The number of rotatable bonds is 7. The number of aryl methyl sites for hydroxylation is 2. The Kier molecular flexibility index (Phi) is 6.06. The van der Waals surface area contributed by atoms with Crippen LogP contribution in [0.15, 0.2) is 47.3 Å². The zero-order valence-corrected chi connectivity index (χ0v) is 16.4. The summed E-state index contributed by atoms with van der Waals surface area (Å²) >= 11 is 0. The van der Waals surface area contributed by atoms with Crippen LogP contribution in [0.5, 0.6) is 5.75 Å². The number of halogens is 1. The SMILES string of the molecule is Cc1cc(C)n(-c2ccc(=O)n(CCNC(=O)[C@@H](C)Oc3ccccc3F)n2)n1. The van der Waals surface area contributed by atoms with E-state index in [2.05, 4.69) is 15.5 Å². The van der Waals surface area contributed by atoms with E-state index in [1.807, 2.05) is 19.9 Å². The average molecular weight is 399 g/mol. The fourth-order valence-electron chi connectivity index (χ4n) is 2.79. The number of nitrogens with one attached hydrogen (secondary N) is 1. The molecule has 0 saturated carbocycles. The Balaban J connectivity index is 1.60. The van der Waals surface area contributed by atoms with E-state index in [0.29, 0.717) is 5.82 Å². The number of aromatic nitrogens is 4. The molecule has 0 fully saturated rings. The van der Waals surface area contributed by atoms with Crippen LogP contribution in [0.25, 0.3) is 5.82 Å². The van der Waals surface area contributed by atoms with Gasteiger partial charge in [-0.15, -0.1) is 5.10 Å². The fraction of sp³-hybridized carbons (Fsp3) is 0.300. The fourth-order valence-corrected chi connectivity index (χ4v) is 2.79. The molecule has 2 aromatic heterocycles. The van der Waals surface area contributed by atoms with Gasteiger partial charge >= 0.3 is 0 Å². The van der Waals surface area contributed by atoms with E-state index < -0.39 is 17.8 Å². The standard InChI is InChI=1S/C20H22FN5O3/c1-13-12-14(2)26(23-13)18-8-9-19(27)25(24-18)11-10-22-20(28)15(3)29-17-7-5-4-6-16(17)21/h4-9,12,15H,10-11H2,1-3H3,(H,22,28)/t15-/m1/s1. The summed E-state index contributed by atoms with van der Waals surface area (Å²) in [5.41, 5.74) is 1.45. The maximum Gasteiger partial charge on any atom is 0.266 e. The van der Waals surface area contributed by atoms with Crippen molar-refractivity contribution >= 4 is 5.91 Å². The molecule has 0 unspecified atom stereocenters. The Morgan fingerprint density at radius 3 is 2.66 bits per heavy atom. The Morgan fingerprint density at radius 2 is 1.97 bits per heavy atom. The van der Waals surface area contributed by atoms with E-state index in [0.717, 1.165) is 11.4 Å². The molecule has 1 N–H and O–H groups in total. The van der Waals surface area contributed by atoms with Crippen molar-refractivity contribution in [3.8, 4) is 11.6 Å². The Bertz CT molecular complexity index is 1080. The third-order valence-electron chi connectivity index (χ3n) is 4.21. The molecule has 152 valence electrons. The van der Waals surface area contributed by atoms with Crippen LogP contribution in [0.1, 0.15) is 18.3 Å². The average Bonchev–Trinajstić information content (AvgIpc) is 3.03. The maximum atomic E-state index is 13.6. The number of para-hydroxylation sites is 1. The van der Waals surface area contributed by atoms with Crippen molar-refractivity contribution in [2.75, 3.05) is 6.54 Å². The predicted molar refractivity (Wildman–Crippen MR) is 105 cm³/mol. The first kappa shape index (κ1) is 20.2.